The van der Waals surface area contributed by atoms with Crippen molar-refractivity contribution in [3.63, 3.8) is 0 Å². The first-order chi connectivity index (χ1) is 11.8. The van der Waals surface area contributed by atoms with Crippen LogP contribution in [0.1, 0.15) is 16.7 Å². The van der Waals surface area contributed by atoms with Crippen LogP contribution in [0.25, 0.3) is 0 Å². The van der Waals surface area contributed by atoms with Gasteiger partial charge in [0.15, 0.2) is 0 Å². The second-order valence-electron chi connectivity index (χ2n) is 5.36. The van der Waals surface area contributed by atoms with Crippen LogP contribution in [-0.4, -0.2) is 23.1 Å². The van der Waals surface area contributed by atoms with E-state index in [1.165, 1.54) is 6.21 Å². The first kappa shape index (κ1) is 19.1. The highest BCUT2D eigenvalue weighted by atomic mass is 79.9. The van der Waals surface area contributed by atoms with Crippen LogP contribution in [0.2, 0.25) is 0 Å². The van der Waals surface area contributed by atoms with Gasteiger partial charge in [-0.15, -0.1) is 0 Å². The molecule has 6 nitrogen and oxygen atoms in total. The predicted molar refractivity (Wildman–Crippen MR) is 104 cm³/mol. The maximum Gasteiger partial charge on any atom is 0.329 e. The number of nitrogens with one attached hydrogen (secondary N) is 2. The number of benzene rings is 2. The molecule has 0 radical (unpaired) electrons. The van der Waals surface area contributed by atoms with Crippen LogP contribution in [0.15, 0.2) is 44.4 Å². The van der Waals surface area contributed by atoms with Crippen LogP contribution < -0.4 is 10.7 Å². The van der Waals surface area contributed by atoms with Crippen molar-refractivity contribution >= 4 is 55.6 Å². The van der Waals surface area contributed by atoms with E-state index in [1.54, 1.807) is 24.3 Å². The third-order valence-electron chi connectivity index (χ3n) is 3.11. The van der Waals surface area contributed by atoms with Gasteiger partial charge in [0.1, 0.15) is 5.75 Å². The lowest BCUT2D eigenvalue weighted by Gasteiger charge is -2.06. The van der Waals surface area contributed by atoms with Crippen molar-refractivity contribution in [1.29, 1.82) is 0 Å². The molecule has 0 aliphatic rings. The second kappa shape index (κ2) is 8.26. The Morgan fingerprint density at radius 1 is 1.04 bits per heavy atom. The van der Waals surface area contributed by atoms with Crippen LogP contribution >= 0.6 is 31.9 Å². The van der Waals surface area contributed by atoms with E-state index in [4.69, 9.17) is 0 Å². The van der Waals surface area contributed by atoms with Gasteiger partial charge < -0.3 is 10.4 Å². The molecule has 0 aliphatic heterocycles. The normalized spacial score (nSPS) is 10.7. The standard InChI is InChI=1S/C17H15Br2N3O3/c1-9-3-10(2)5-13(4-9)21-16(24)17(25)22-20-8-11-6-12(18)7-14(19)15(11)23/h3-8,23H,1-2H3,(H,21,24)(H,22,25). The molecule has 130 valence electrons. The zero-order valence-corrected chi connectivity index (χ0v) is 16.6. The Kier molecular flexibility index (Phi) is 6.33. The largest absolute Gasteiger partial charge is 0.506 e. The topological polar surface area (TPSA) is 90.8 Å². The van der Waals surface area contributed by atoms with Crippen molar-refractivity contribution < 1.29 is 14.7 Å². The number of carbonyl (C=O) groups is 2. The summed E-state index contributed by atoms with van der Waals surface area (Å²) in [5, 5.41) is 16.1. The Labute approximate surface area is 161 Å². The minimum absolute atomic E-state index is 0.0270. The lowest BCUT2D eigenvalue weighted by Crippen LogP contribution is -2.32. The van der Waals surface area contributed by atoms with Crippen molar-refractivity contribution in [2.45, 2.75) is 13.8 Å². The monoisotopic (exact) mass is 467 g/mol. The van der Waals surface area contributed by atoms with Crippen molar-refractivity contribution in [3.05, 3.63) is 56.0 Å². The van der Waals surface area contributed by atoms with Crippen molar-refractivity contribution in [2.75, 3.05) is 5.32 Å². The first-order valence-corrected chi connectivity index (χ1v) is 8.75. The number of nitrogens with zero attached hydrogens (tertiary/aromatic N) is 1. The molecular formula is C17H15Br2N3O3. The van der Waals surface area contributed by atoms with Gasteiger partial charge in [0.05, 0.1) is 10.7 Å². The minimum atomic E-state index is -0.913. The van der Waals surface area contributed by atoms with Crippen LogP contribution in [0.5, 0.6) is 5.75 Å². The quantitative estimate of drug-likeness (QED) is 0.365. The van der Waals surface area contributed by atoms with E-state index >= 15 is 0 Å². The Morgan fingerprint density at radius 2 is 1.68 bits per heavy atom. The summed E-state index contributed by atoms with van der Waals surface area (Å²) in [5.74, 6) is -1.77. The molecule has 0 aromatic heterocycles. The number of hydrogen-bond acceptors (Lipinski definition) is 4. The Bertz CT molecular complexity index is 846. The molecule has 0 spiro atoms. The Hall–Kier alpha value is -2.19. The fourth-order valence-corrected chi connectivity index (χ4v) is 3.39. The van der Waals surface area contributed by atoms with Gasteiger partial charge in [0.25, 0.3) is 0 Å². The molecule has 3 N–H and O–H groups in total. The molecule has 0 fully saturated rings. The van der Waals surface area contributed by atoms with Crippen molar-refractivity contribution in [2.24, 2.45) is 5.10 Å². The Morgan fingerprint density at radius 3 is 2.32 bits per heavy atom. The van der Waals surface area contributed by atoms with E-state index in [1.807, 2.05) is 19.9 Å². The van der Waals surface area contributed by atoms with Gasteiger partial charge in [-0.25, -0.2) is 5.43 Å². The first-order valence-electron chi connectivity index (χ1n) is 7.17. The molecule has 0 atom stereocenters. The molecule has 0 saturated carbocycles. The zero-order valence-electron chi connectivity index (χ0n) is 13.4. The summed E-state index contributed by atoms with van der Waals surface area (Å²) in [7, 11) is 0. The summed E-state index contributed by atoms with van der Waals surface area (Å²) < 4.78 is 1.19. The third-order valence-corrected chi connectivity index (χ3v) is 4.18. The highest BCUT2D eigenvalue weighted by Gasteiger charge is 2.13. The summed E-state index contributed by atoms with van der Waals surface area (Å²) >= 11 is 6.48. The SMILES string of the molecule is Cc1cc(C)cc(NC(=O)C(=O)NN=Cc2cc(Br)cc(Br)c2O)c1. The van der Waals surface area contributed by atoms with E-state index in [9.17, 15) is 14.7 Å². The number of rotatable bonds is 3. The number of hydrazone groups is 1. The smallest absolute Gasteiger partial charge is 0.329 e. The fraction of sp³-hybridized carbons (Fsp3) is 0.118. The fourth-order valence-electron chi connectivity index (χ4n) is 2.13. The number of phenolic OH excluding ortho intramolecular Hbond substituents is 1. The number of aryl methyl sites for hydroxylation is 2. The molecule has 8 heteroatoms. The summed E-state index contributed by atoms with van der Waals surface area (Å²) in [6.07, 6.45) is 1.24. The van der Waals surface area contributed by atoms with Gasteiger partial charge in [-0.05, 0) is 65.2 Å². The molecule has 0 heterocycles. The molecular weight excluding hydrogens is 454 g/mol. The zero-order chi connectivity index (χ0) is 18.6. The molecule has 2 amide bonds. The average molecular weight is 469 g/mol. The maximum absolute atomic E-state index is 11.9. The third kappa shape index (κ3) is 5.40. The molecule has 0 saturated heterocycles. The number of amides is 2. The minimum Gasteiger partial charge on any atom is -0.506 e. The summed E-state index contributed by atoms with van der Waals surface area (Å²) in [6.45, 7) is 3.80. The predicted octanol–water partition coefficient (Wildman–Crippen LogP) is 3.62. The van der Waals surface area contributed by atoms with Crippen molar-refractivity contribution in [1.82, 2.24) is 5.43 Å². The molecule has 2 aromatic carbocycles. The van der Waals surface area contributed by atoms with E-state index in [0.717, 1.165) is 15.6 Å². The lowest BCUT2D eigenvalue weighted by molar-refractivity contribution is -0.136. The number of hydrogen-bond donors (Lipinski definition) is 3. The average Bonchev–Trinajstić information content (AvgIpc) is 2.50. The van der Waals surface area contributed by atoms with Gasteiger partial charge in [-0.2, -0.15) is 5.10 Å². The molecule has 0 unspecified atom stereocenters. The van der Waals surface area contributed by atoms with Crippen LogP contribution in [0.4, 0.5) is 5.69 Å². The maximum atomic E-state index is 11.9. The molecule has 0 bridgehead atoms. The number of aromatic hydroxyl groups is 1. The van der Waals surface area contributed by atoms with Gasteiger partial charge in [0.2, 0.25) is 0 Å². The Balaban J connectivity index is 2.01. The molecule has 0 aliphatic carbocycles. The molecule has 2 aromatic rings. The second-order valence-corrected chi connectivity index (χ2v) is 7.13. The van der Waals surface area contributed by atoms with E-state index in [-0.39, 0.29) is 5.75 Å². The highest BCUT2D eigenvalue weighted by molar-refractivity contribution is 9.11. The van der Waals surface area contributed by atoms with Crippen molar-refractivity contribution in [3.8, 4) is 5.75 Å². The summed E-state index contributed by atoms with van der Waals surface area (Å²) in [5.41, 5.74) is 4.98. The number of anilines is 1. The van der Waals surface area contributed by atoms with E-state index < -0.39 is 11.8 Å². The summed E-state index contributed by atoms with van der Waals surface area (Å²) in [6, 6.07) is 8.77. The summed E-state index contributed by atoms with van der Waals surface area (Å²) in [4.78, 5) is 23.7. The highest BCUT2D eigenvalue weighted by Crippen LogP contribution is 2.30. The number of carbonyl (C=O) groups excluding carboxylic acids is 2. The lowest BCUT2D eigenvalue weighted by atomic mass is 10.1. The van der Waals surface area contributed by atoms with Crippen LogP contribution in [-0.2, 0) is 9.59 Å². The number of halogens is 2. The van der Waals surface area contributed by atoms with E-state index in [0.29, 0.717) is 15.7 Å². The van der Waals surface area contributed by atoms with Gasteiger partial charge in [-0.3, -0.25) is 9.59 Å². The molecule has 25 heavy (non-hydrogen) atoms. The van der Waals surface area contributed by atoms with E-state index in [2.05, 4.69) is 47.7 Å². The molecule has 2 rings (SSSR count). The van der Waals surface area contributed by atoms with Crippen LogP contribution in [0, 0.1) is 13.8 Å². The van der Waals surface area contributed by atoms with Gasteiger partial charge in [0, 0.05) is 15.7 Å². The van der Waals surface area contributed by atoms with Gasteiger partial charge in [-0.1, -0.05) is 22.0 Å². The van der Waals surface area contributed by atoms with Gasteiger partial charge >= 0.3 is 11.8 Å². The van der Waals surface area contributed by atoms with Crippen LogP contribution in [0.3, 0.4) is 0 Å². The number of phenols is 1.